The minimum atomic E-state index is 0.149. The van der Waals surface area contributed by atoms with Gasteiger partial charge in [0.15, 0.2) is 0 Å². The quantitative estimate of drug-likeness (QED) is 0.932. The van der Waals surface area contributed by atoms with Gasteiger partial charge in [0.05, 0.1) is 11.9 Å². The minimum absolute atomic E-state index is 0.149. The molecule has 5 nitrogen and oxygen atoms in total. The van der Waals surface area contributed by atoms with Gasteiger partial charge in [-0.25, -0.2) is 9.97 Å². The number of thiophene rings is 1. The van der Waals surface area contributed by atoms with E-state index in [1.807, 2.05) is 11.8 Å². The number of hydrogen-bond acceptors (Lipinski definition) is 5. The average Bonchev–Trinajstić information content (AvgIpc) is 3.03. The van der Waals surface area contributed by atoms with Gasteiger partial charge in [0.25, 0.3) is 0 Å². The molecule has 1 amide bonds. The highest BCUT2D eigenvalue weighted by Crippen LogP contribution is 2.27. The van der Waals surface area contributed by atoms with Crippen molar-refractivity contribution in [3.05, 3.63) is 17.3 Å². The highest BCUT2D eigenvalue weighted by atomic mass is 32.1. The molecule has 6 heteroatoms. The fourth-order valence-electron chi connectivity index (χ4n) is 2.35. The van der Waals surface area contributed by atoms with E-state index in [0.717, 1.165) is 42.0 Å². The summed E-state index contributed by atoms with van der Waals surface area (Å²) in [6.07, 6.45) is 3.78. The number of anilines is 1. The number of aryl methyl sites for hydroxylation is 1. The highest BCUT2D eigenvalue weighted by Gasteiger charge is 2.17. The van der Waals surface area contributed by atoms with Crippen LogP contribution in [0.2, 0.25) is 0 Å². The summed E-state index contributed by atoms with van der Waals surface area (Å²) in [5.74, 6) is 0.901. The van der Waals surface area contributed by atoms with Crippen molar-refractivity contribution in [2.24, 2.45) is 0 Å². The van der Waals surface area contributed by atoms with Gasteiger partial charge in [-0.3, -0.25) is 4.79 Å². The number of nitrogens with one attached hydrogen (secondary N) is 1. The summed E-state index contributed by atoms with van der Waals surface area (Å²) >= 11 is 1.64. The first kappa shape index (κ1) is 12.3. The van der Waals surface area contributed by atoms with E-state index in [1.165, 1.54) is 4.88 Å². The van der Waals surface area contributed by atoms with Crippen LogP contribution in [0.25, 0.3) is 10.2 Å². The molecule has 0 spiro atoms. The smallest absolute Gasteiger partial charge is 0.241 e. The van der Waals surface area contributed by atoms with Crippen LogP contribution in [0.5, 0.6) is 0 Å². The average molecular weight is 276 g/mol. The lowest BCUT2D eigenvalue weighted by molar-refractivity contribution is -0.128. The van der Waals surface area contributed by atoms with Crippen LogP contribution in [-0.4, -0.2) is 40.4 Å². The molecule has 0 saturated carbocycles. The lowest BCUT2D eigenvalue weighted by atomic mass is 10.3. The van der Waals surface area contributed by atoms with E-state index >= 15 is 0 Å². The van der Waals surface area contributed by atoms with E-state index in [-0.39, 0.29) is 5.91 Å². The van der Waals surface area contributed by atoms with E-state index in [1.54, 1.807) is 17.7 Å². The molecule has 0 radical (unpaired) electrons. The predicted molar refractivity (Wildman–Crippen MR) is 76.5 cm³/mol. The third-order valence-corrected chi connectivity index (χ3v) is 4.28. The Bertz CT molecular complexity index is 604. The summed E-state index contributed by atoms with van der Waals surface area (Å²) in [6.45, 7) is 4.13. The van der Waals surface area contributed by atoms with Crippen molar-refractivity contribution >= 4 is 33.3 Å². The molecule has 0 atom stereocenters. The number of nitrogens with zero attached hydrogens (tertiary/aromatic N) is 3. The summed E-state index contributed by atoms with van der Waals surface area (Å²) in [6, 6.07) is 2.06. The molecule has 1 fully saturated rings. The van der Waals surface area contributed by atoms with E-state index in [4.69, 9.17) is 0 Å². The van der Waals surface area contributed by atoms with Crippen molar-refractivity contribution in [3.8, 4) is 0 Å². The number of carbonyl (C=O) groups excluding carboxylic acids is 1. The zero-order chi connectivity index (χ0) is 13.2. The Balaban J connectivity index is 1.72. The zero-order valence-electron chi connectivity index (χ0n) is 10.8. The Morgan fingerprint density at radius 3 is 3.00 bits per heavy atom. The van der Waals surface area contributed by atoms with E-state index in [0.29, 0.717) is 6.54 Å². The van der Waals surface area contributed by atoms with Crippen LogP contribution in [0.15, 0.2) is 12.4 Å². The second kappa shape index (κ2) is 5.13. The SMILES string of the molecule is Cc1cc2c(NCC(=O)N3CCCC3)ncnc2s1. The molecule has 3 heterocycles. The molecular weight excluding hydrogens is 260 g/mol. The van der Waals surface area contributed by atoms with Crippen LogP contribution in [0.4, 0.5) is 5.82 Å². The molecule has 100 valence electrons. The molecule has 0 unspecified atom stereocenters. The van der Waals surface area contributed by atoms with E-state index in [9.17, 15) is 4.79 Å². The number of aromatic nitrogens is 2. The summed E-state index contributed by atoms with van der Waals surface area (Å²) in [4.78, 5) is 24.5. The largest absolute Gasteiger partial charge is 0.360 e. The standard InChI is InChI=1S/C13H16N4OS/c1-9-6-10-12(15-8-16-13(10)19-9)14-7-11(18)17-4-2-3-5-17/h6,8H,2-5,7H2,1H3,(H,14,15,16). The molecule has 1 aliphatic heterocycles. The van der Waals surface area contributed by atoms with Crippen molar-refractivity contribution in [2.75, 3.05) is 25.0 Å². The number of fused-ring (bicyclic) bond motifs is 1. The lowest BCUT2D eigenvalue weighted by Crippen LogP contribution is -2.33. The molecule has 1 saturated heterocycles. The number of amides is 1. The van der Waals surface area contributed by atoms with Gasteiger partial charge in [0, 0.05) is 18.0 Å². The highest BCUT2D eigenvalue weighted by molar-refractivity contribution is 7.18. The van der Waals surface area contributed by atoms with Crippen LogP contribution in [0, 0.1) is 6.92 Å². The monoisotopic (exact) mass is 276 g/mol. The van der Waals surface area contributed by atoms with Crippen molar-refractivity contribution in [2.45, 2.75) is 19.8 Å². The normalized spacial score (nSPS) is 15.1. The van der Waals surface area contributed by atoms with Gasteiger partial charge < -0.3 is 10.2 Å². The summed E-state index contributed by atoms with van der Waals surface area (Å²) in [5, 5.41) is 4.14. The second-order valence-electron chi connectivity index (χ2n) is 4.74. The fraction of sp³-hybridized carbons (Fsp3) is 0.462. The first-order valence-electron chi connectivity index (χ1n) is 6.47. The third-order valence-electron chi connectivity index (χ3n) is 3.32. The van der Waals surface area contributed by atoms with Crippen LogP contribution < -0.4 is 5.32 Å². The van der Waals surface area contributed by atoms with Crippen LogP contribution in [-0.2, 0) is 4.79 Å². The maximum atomic E-state index is 12.0. The second-order valence-corrected chi connectivity index (χ2v) is 5.97. The Hall–Kier alpha value is -1.69. The molecule has 2 aromatic rings. The molecule has 1 N–H and O–H groups in total. The van der Waals surface area contributed by atoms with Gasteiger partial charge in [-0.05, 0) is 25.8 Å². The molecular formula is C13H16N4OS. The topological polar surface area (TPSA) is 58.1 Å². The summed E-state index contributed by atoms with van der Waals surface area (Å²) in [7, 11) is 0. The van der Waals surface area contributed by atoms with Crippen LogP contribution >= 0.6 is 11.3 Å². The van der Waals surface area contributed by atoms with E-state index < -0.39 is 0 Å². The first-order valence-corrected chi connectivity index (χ1v) is 7.28. The fourth-order valence-corrected chi connectivity index (χ4v) is 3.20. The Labute approximate surface area is 115 Å². The van der Waals surface area contributed by atoms with Crippen molar-refractivity contribution in [3.63, 3.8) is 0 Å². The number of likely N-dealkylation sites (tertiary alicyclic amines) is 1. The lowest BCUT2D eigenvalue weighted by Gasteiger charge is -2.15. The molecule has 0 aromatic carbocycles. The van der Waals surface area contributed by atoms with Crippen molar-refractivity contribution in [1.82, 2.24) is 14.9 Å². The molecule has 0 bridgehead atoms. The summed E-state index contributed by atoms with van der Waals surface area (Å²) in [5.41, 5.74) is 0. The molecule has 3 rings (SSSR count). The predicted octanol–water partition coefficient (Wildman–Crippen LogP) is 2.03. The van der Waals surface area contributed by atoms with Crippen molar-refractivity contribution < 1.29 is 4.79 Å². The van der Waals surface area contributed by atoms with Gasteiger partial charge in [-0.2, -0.15) is 0 Å². The van der Waals surface area contributed by atoms with Gasteiger partial charge in [-0.15, -0.1) is 11.3 Å². The number of rotatable bonds is 3. The van der Waals surface area contributed by atoms with Gasteiger partial charge in [0.1, 0.15) is 17.0 Å². The maximum absolute atomic E-state index is 12.0. The van der Waals surface area contributed by atoms with Crippen LogP contribution in [0.3, 0.4) is 0 Å². The molecule has 1 aliphatic rings. The summed E-state index contributed by atoms with van der Waals surface area (Å²) < 4.78 is 0. The van der Waals surface area contributed by atoms with Gasteiger partial charge in [-0.1, -0.05) is 0 Å². The van der Waals surface area contributed by atoms with Crippen molar-refractivity contribution in [1.29, 1.82) is 0 Å². The molecule has 19 heavy (non-hydrogen) atoms. The number of carbonyl (C=O) groups is 1. The van der Waals surface area contributed by atoms with Gasteiger partial charge in [0.2, 0.25) is 5.91 Å². The molecule has 0 aliphatic carbocycles. The Morgan fingerprint density at radius 1 is 1.42 bits per heavy atom. The Morgan fingerprint density at radius 2 is 2.21 bits per heavy atom. The minimum Gasteiger partial charge on any atom is -0.360 e. The third kappa shape index (κ3) is 2.53. The van der Waals surface area contributed by atoms with Gasteiger partial charge >= 0.3 is 0 Å². The maximum Gasteiger partial charge on any atom is 0.241 e. The van der Waals surface area contributed by atoms with E-state index in [2.05, 4.69) is 21.4 Å². The molecule has 2 aromatic heterocycles. The van der Waals surface area contributed by atoms with Crippen LogP contribution in [0.1, 0.15) is 17.7 Å². The first-order chi connectivity index (χ1) is 9.24. The number of hydrogen-bond donors (Lipinski definition) is 1. The Kier molecular flexibility index (Phi) is 3.33. The zero-order valence-corrected chi connectivity index (χ0v) is 11.7.